The highest BCUT2D eigenvalue weighted by atomic mass is 32.2. The number of aliphatic carboxylic acids is 1. The molecule has 152 valence electrons. The molecular weight excluding hydrogens is 418 g/mol. The largest absolute Gasteiger partial charge is 0.508 e. The first kappa shape index (κ1) is 19.5. The Hall–Kier alpha value is -2.86. The number of thioether (sulfide) groups is 1. The van der Waals surface area contributed by atoms with E-state index in [0.717, 1.165) is 11.3 Å². The molecule has 10 nitrogen and oxygen atoms in total. The van der Waals surface area contributed by atoms with Crippen molar-refractivity contribution in [2.45, 2.75) is 16.8 Å². The Kier molecular flexibility index (Phi) is 5.04. The van der Waals surface area contributed by atoms with Crippen LogP contribution in [-0.4, -0.2) is 73.4 Å². The predicted molar refractivity (Wildman–Crippen MR) is 106 cm³/mol. The van der Waals surface area contributed by atoms with E-state index in [1.807, 2.05) is 0 Å². The molecule has 29 heavy (non-hydrogen) atoms. The Balaban J connectivity index is 1.36. The van der Waals surface area contributed by atoms with E-state index < -0.39 is 17.4 Å². The molecule has 0 spiro atoms. The number of aromatic hydroxyl groups is 1. The number of nitrogens with one attached hydrogen (secondary N) is 2. The molecule has 0 aliphatic carbocycles. The minimum absolute atomic E-state index is 0.00611. The highest BCUT2D eigenvalue weighted by molar-refractivity contribution is 8.00. The van der Waals surface area contributed by atoms with Crippen LogP contribution in [0.2, 0.25) is 0 Å². The summed E-state index contributed by atoms with van der Waals surface area (Å²) in [4.78, 5) is 38.2. The van der Waals surface area contributed by atoms with Crippen LogP contribution in [0.4, 0.5) is 5.69 Å². The number of hydrogen-bond donors (Lipinski definition) is 4. The molecule has 3 atom stereocenters. The van der Waals surface area contributed by atoms with Crippen LogP contribution in [0.5, 0.6) is 5.75 Å². The first-order chi connectivity index (χ1) is 13.9. The molecular formula is C17H17N5O5S2. The second-order valence-electron chi connectivity index (χ2n) is 6.74. The number of carbonyl (C=O) groups excluding carboxylic acids is 2. The van der Waals surface area contributed by atoms with E-state index in [1.165, 1.54) is 34.3 Å². The van der Waals surface area contributed by atoms with Crippen LogP contribution in [0.25, 0.3) is 0 Å². The molecule has 2 saturated heterocycles. The van der Waals surface area contributed by atoms with Crippen molar-refractivity contribution < 1.29 is 24.6 Å². The Morgan fingerprint density at radius 2 is 2.07 bits per heavy atom. The number of carboxylic acids is 1. The lowest BCUT2D eigenvalue weighted by molar-refractivity contribution is -0.154. The molecule has 0 radical (unpaired) electrons. The summed E-state index contributed by atoms with van der Waals surface area (Å²) in [6, 6.07) is 5.58. The molecule has 4 N–H and O–H groups in total. The van der Waals surface area contributed by atoms with Crippen LogP contribution in [0.1, 0.15) is 5.01 Å². The average Bonchev–Trinajstić information content (AvgIpc) is 3.26. The number of benzene rings is 1. The van der Waals surface area contributed by atoms with E-state index in [1.54, 1.807) is 12.1 Å². The smallest absolute Gasteiger partial charge is 0.319 e. The van der Waals surface area contributed by atoms with Gasteiger partial charge in [0.15, 0.2) is 0 Å². The molecule has 0 bridgehead atoms. The highest BCUT2D eigenvalue weighted by Crippen LogP contribution is 2.44. The van der Waals surface area contributed by atoms with E-state index >= 15 is 0 Å². The van der Waals surface area contributed by atoms with Gasteiger partial charge in [0.2, 0.25) is 11.8 Å². The number of anilines is 1. The molecule has 0 saturated carbocycles. The monoisotopic (exact) mass is 435 g/mol. The average molecular weight is 435 g/mol. The predicted octanol–water partition coefficient (Wildman–Crippen LogP) is 0.0781. The zero-order valence-electron chi connectivity index (χ0n) is 14.9. The maximum absolute atomic E-state index is 12.5. The van der Waals surface area contributed by atoms with Gasteiger partial charge >= 0.3 is 5.97 Å². The van der Waals surface area contributed by atoms with Crippen molar-refractivity contribution >= 4 is 46.6 Å². The van der Waals surface area contributed by atoms with E-state index in [0.29, 0.717) is 10.7 Å². The molecule has 2 aliphatic heterocycles. The number of hydrogen-bond acceptors (Lipinski definition) is 9. The van der Waals surface area contributed by atoms with Crippen molar-refractivity contribution in [3.8, 4) is 5.75 Å². The fraction of sp³-hybridized carbons (Fsp3) is 0.353. The number of β-lactam (4-membered cyclic amide) rings is 1. The van der Waals surface area contributed by atoms with E-state index in [-0.39, 0.29) is 41.8 Å². The third-order valence-electron chi connectivity index (χ3n) is 4.90. The van der Waals surface area contributed by atoms with Gasteiger partial charge in [0.05, 0.1) is 6.54 Å². The van der Waals surface area contributed by atoms with Gasteiger partial charge in [-0.25, -0.2) is 0 Å². The fourth-order valence-electron chi connectivity index (χ4n) is 3.29. The summed E-state index contributed by atoms with van der Waals surface area (Å²) in [5.41, 5.74) is 0.849. The molecule has 12 heteroatoms. The number of amides is 2. The summed E-state index contributed by atoms with van der Waals surface area (Å²) >= 11 is 2.47. The summed E-state index contributed by atoms with van der Waals surface area (Å²) in [5.74, 6) is -1.34. The maximum atomic E-state index is 12.5. The normalized spacial score (nSPS) is 25.7. The minimum Gasteiger partial charge on any atom is -0.508 e. The van der Waals surface area contributed by atoms with Gasteiger partial charge in [0.25, 0.3) is 0 Å². The van der Waals surface area contributed by atoms with Crippen molar-refractivity contribution in [2.24, 2.45) is 0 Å². The lowest BCUT2D eigenvalue weighted by Crippen LogP contribution is -2.74. The number of phenolic OH excluding ortho intramolecular Hbond substituents is 1. The van der Waals surface area contributed by atoms with Gasteiger partial charge in [-0.15, -0.1) is 33.3 Å². The summed E-state index contributed by atoms with van der Waals surface area (Å²) < 4.78 is 0. The first-order valence-electron chi connectivity index (χ1n) is 8.65. The van der Waals surface area contributed by atoms with Crippen LogP contribution in [0.3, 0.4) is 0 Å². The lowest BCUT2D eigenvalue weighted by Gasteiger charge is -2.53. The van der Waals surface area contributed by atoms with Crippen LogP contribution in [-0.2, 0) is 19.8 Å². The Morgan fingerprint density at radius 1 is 1.31 bits per heavy atom. The first-order valence-corrected chi connectivity index (χ1v) is 10.6. The Labute approximate surface area is 173 Å². The summed E-state index contributed by atoms with van der Waals surface area (Å²) in [5, 5.41) is 32.4. The van der Waals surface area contributed by atoms with Gasteiger partial charge < -0.3 is 25.7 Å². The molecule has 1 aromatic carbocycles. The van der Waals surface area contributed by atoms with Crippen molar-refractivity contribution in [1.29, 1.82) is 0 Å². The fourth-order valence-corrected chi connectivity index (χ4v) is 5.66. The Morgan fingerprint density at radius 3 is 2.72 bits per heavy atom. The molecule has 4 rings (SSSR count). The Bertz CT molecular complexity index is 938. The zero-order valence-corrected chi connectivity index (χ0v) is 16.6. The number of fused-ring (bicyclic) bond motifs is 1. The van der Waals surface area contributed by atoms with Crippen molar-refractivity contribution in [2.75, 3.05) is 24.2 Å². The van der Waals surface area contributed by atoms with Crippen molar-refractivity contribution in [1.82, 2.24) is 20.4 Å². The number of phenols is 1. The van der Waals surface area contributed by atoms with Crippen molar-refractivity contribution in [3.63, 3.8) is 0 Å². The van der Waals surface area contributed by atoms with E-state index in [2.05, 4.69) is 20.8 Å². The molecule has 2 aromatic rings. The van der Waals surface area contributed by atoms with Crippen molar-refractivity contribution in [3.05, 3.63) is 34.8 Å². The van der Waals surface area contributed by atoms with Crippen LogP contribution in [0.15, 0.2) is 29.8 Å². The third kappa shape index (κ3) is 3.49. The quantitative estimate of drug-likeness (QED) is 0.366. The topological polar surface area (TPSA) is 145 Å². The molecule has 2 unspecified atom stereocenters. The standard InChI is InChI=1S/C17H17N5O5S2/c23-10-3-1-9(2-4-10)18-5-11(24)20-12-13(25)22-6-17(16(26)27,7-28-14(12)22)15-21-19-8-29-15/h1-4,8,12,14,18,23H,5-7H2,(H,20,24)(H,26,27)/t12?,14-,17?/m1/s1. The second-order valence-corrected chi connectivity index (χ2v) is 8.68. The molecule has 2 aliphatic rings. The lowest BCUT2D eigenvalue weighted by atomic mass is 9.88. The van der Waals surface area contributed by atoms with Crippen LogP contribution in [0, 0.1) is 0 Å². The number of nitrogens with zero attached hydrogens (tertiary/aromatic N) is 3. The van der Waals surface area contributed by atoms with Gasteiger partial charge in [-0.05, 0) is 24.3 Å². The zero-order chi connectivity index (χ0) is 20.6. The number of carboxylic acid groups (broad SMARTS) is 1. The number of carbonyl (C=O) groups is 3. The van der Waals surface area contributed by atoms with E-state index in [9.17, 15) is 24.6 Å². The maximum Gasteiger partial charge on any atom is 0.319 e. The molecule has 2 amide bonds. The molecule has 3 heterocycles. The van der Waals surface area contributed by atoms with Crippen LogP contribution >= 0.6 is 23.1 Å². The minimum atomic E-state index is -1.28. The summed E-state index contributed by atoms with van der Waals surface area (Å²) in [7, 11) is 0. The SMILES string of the molecule is O=C(CNc1ccc(O)cc1)NC1C(=O)N2CC(C(=O)O)(c3nncs3)CS[C@H]12. The third-order valence-corrected chi connectivity index (χ3v) is 7.32. The van der Waals surface area contributed by atoms with Gasteiger partial charge in [-0.1, -0.05) is 0 Å². The van der Waals surface area contributed by atoms with Gasteiger partial charge in [0, 0.05) is 18.0 Å². The van der Waals surface area contributed by atoms with E-state index in [4.69, 9.17) is 0 Å². The molecule has 1 aromatic heterocycles. The highest BCUT2D eigenvalue weighted by Gasteiger charge is 2.59. The second kappa shape index (κ2) is 7.52. The van der Waals surface area contributed by atoms with Gasteiger partial charge in [-0.2, -0.15) is 0 Å². The van der Waals surface area contributed by atoms with Gasteiger partial charge in [-0.3, -0.25) is 14.4 Å². The van der Waals surface area contributed by atoms with Crippen LogP contribution < -0.4 is 10.6 Å². The van der Waals surface area contributed by atoms with Gasteiger partial charge in [0.1, 0.15) is 33.1 Å². The summed E-state index contributed by atoms with van der Waals surface area (Å²) in [6.07, 6.45) is 0. The number of aromatic nitrogens is 2. The molecule has 2 fully saturated rings. The number of rotatable bonds is 6. The summed E-state index contributed by atoms with van der Waals surface area (Å²) in [6.45, 7) is -0.0258.